The Labute approximate surface area is 80.5 Å². The molecule has 1 atom stereocenters. The lowest BCUT2D eigenvalue weighted by molar-refractivity contribution is -0.115. The van der Waals surface area contributed by atoms with E-state index < -0.39 is 0 Å². The molecule has 0 aromatic heterocycles. The average Bonchev–Trinajstić information content (AvgIpc) is 2.06. The van der Waals surface area contributed by atoms with Crippen LogP contribution in [0.4, 0.5) is 0 Å². The minimum atomic E-state index is 0.301. The highest BCUT2D eigenvalue weighted by Crippen LogP contribution is 2.26. The van der Waals surface area contributed by atoms with Crippen LogP contribution in [0.15, 0.2) is 23.8 Å². The molecule has 0 fully saturated rings. The standard InChI is InChI=1S/C12H18O/c1-9(2)4-6-11-8-12(13)7-5-10(11)3/h8,10H,1,4-7H2,2-3H3/t10-/m0/s1. The van der Waals surface area contributed by atoms with E-state index in [9.17, 15) is 4.79 Å². The molecule has 0 bridgehead atoms. The number of rotatable bonds is 3. The zero-order chi connectivity index (χ0) is 9.84. The Kier molecular flexibility index (Phi) is 3.47. The van der Waals surface area contributed by atoms with Crippen molar-refractivity contribution in [2.45, 2.75) is 39.5 Å². The third-order valence-electron chi connectivity index (χ3n) is 2.64. The highest BCUT2D eigenvalue weighted by molar-refractivity contribution is 5.91. The molecule has 0 saturated heterocycles. The van der Waals surface area contributed by atoms with Crippen molar-refractivity contribution in [2.24, 2.45) is 5.92 Å². The van der Waals surface area contributed by atoms with Gasteiger partial charge in [0.2, 0.25) is 0 Å². The molecule has 0 spiro atoms. The molecule has 1 rings (SSSR count). The van der Waals surface area contributed by atoms with E-state index in [2.05, 4.69) is 13.5 Å². The monoisotopic (exact) mass is 178 g/mol. The Morgan fingerprint density at radius 2 is 2.38 bits per heavy atom. The zero-order valence-corrected chi connectivity index (χ0v) is 8.60. The Morgan fingerprint density at radius 1 is 1.69 bits per heavy atom. The van der Waals surface area contributed by atoms with Crippen LogP contribution >= 0.6 is 0 Å². The molecule has 1 heteroatoms. The van der Waals surface area contributed by atoms with Crippen molar-refractivity contribution >= 4 is 5.78 Å². The van der Waals surface area contributed by atoms with Gasteiger partial charge in [-0.1, -0.05) is 18.1 Å². The van der Waals surface area contributed by atoms with Gasteiger partial charge in [-0.05, 0) is 38.2 Å². The molecule has 0 amide bonds. The third-order valence-corrected chi connectivity index (χ3v) is 2.64. The molecule has 1 nitrogen and oxygen atoms in total. The summed E-state index contributed by atoms with van der Waals surface area (Å²) in [6.45, 7) is 8.11. The van der Waals surface area contributed by atoms with Crippen molar-refractivity contribution in [3.05, 3.63) is 23.8 Å². The van der Waals surface area contributed by atoms with Gasteiger partial charge in [0.1, 0.15) is 0 Å². The van der Waals surface area contributed by atoms with Crippen molar-refractivity contribution in [2.75, 3.05) is 0 Å². The van der Waals surface area contributed by atoms with Gasteiger partial charge in [-0.3, -0.25) is 4.79 Å². The summed E-state index contributed by atoms with van der Waals surface area (Å²) in [5, 5.41) is 0. The second-order valence-corrected chi connectivity index (χ2v) is 4.08. The van der Waals surface area contributed by atoms with Gasteiger partial charge >= 0.3 is 0 Å². The summed E-state index contributed by atoms with van der Waals surface area (Å²) < 4.78 is 0. The quantitative estimate of drug-likeness (QED) is 0.606. The van der Waals surface area contributed by atoms with Gasteiger partial charge < -0.3 is 0 Å². The van der Waals surface area contributed by atoms with Crippen molar-refractivity contribution in [3.63, 3.8) is 0 Å². The minimum Gasteiger partial charge on any atom is -0.295 e. The Balaban J connectivity index is 2.55. The van der Waals surface area contributed by atoms with Crippen LogP contribution < -0.4 is 0 Å². The first-order valence-electron chi connectivity index (χ1n) is 4.97. The SMILES string of the molecule is C=C(C)CCC1=CC(=O)CC[C@@H]1C. The Hall–Kier alpha value is -0.850. The molecule has 1 aliphatic rings. The number of ketones is 1. The first kappa shape index (κ1) is 10.2. The van der Waals surface area contributed by atoms with Crippen LogP contribution in [0.1, 0.15) is 39.5 Å². The maximum Gasteiger partial charge on any atom is 0.155 e. The van der Waals surface area contributed by atoms with E-state index in [1.807, 2.05) is 13.0 Å². The van der Waals surface area contributed by atoms with Crippen LogP contribution in [-0.4, -0.2) is 5.78 Å². The molecular formula is C12H18O. The fourth-order valence-electron chi connectivity index (χ4n) is 1.64. The number of allylic oxidation sites excluding steroid dienone is 3. The summed E-state index contributed by atoms with van der Waals surface area (Å²) >= 11 is 0. The topological polar surface area (TPSA) is 17.1 Å². The summed E-state index contributed by atoms with van der Waals surface area (Å²) in [6.07, 6.45) is 5.64. The van der Waals surface area contributed by atoms with Crippen LogP contribution in [0.25, 0.3) is 0 Å². The molecule has 0 radical (unpaired) electrons. The number of hydrogen-bond acceptors (Lipinski definition) is 1. The van der Waals surface area contributed by atoms with E-state index >= 15 is 0 Å². The summed E-state index contributed by atoms with van der Waals surface area (Å²) in [4.78, 5) is 11.2. The molecule has 0 unspecified atom stereocenters. The van der Waals surface area contributed by atoms with Crippen LogP contribution in [-0.2, 0) is 4.79 Å². The predicted octanol–water partition coefficient (Wildman–Crippen LogP) is 3.27. The predicted molar refractivity (Wildman–Crippen MR) is 55.5 cm³/mol. The van der Waals surface area contributed by atoms with E-state index in [0.29, 0.717) is 11.7 Å². The van der Waals surface area contributed by atoms with E-state index in [-0.39, 0.29) is 0 Å². The first-order valence-corrected chi connectivity index (χ1v) is 4.97. The van der Waals surface area contributed by atoms with E-state index in [1.165, 1.54) is 11.1 Å². The molecule has 0 aromatic rings. The second-order valence-electron chi connectivity index (χ2n) is 4.08. The molecule has 0 saturated carbocycles. The zero-order valence-electron chi connectivity index (χ0n) is 8.60. The van der Waals surface area contributed by atoms with E-state index in [4.69, 9.17) is 0 Å². The number of carbonyl (C=O) groups excluding carboxylic acids is 1. The van der Waals surface area contributed by atoms with Crippen LogP contribution in [0.3, 0.4) is 0 Å². The van der Waals surface area contributed by atoms with Crippen molar-refractivity contribution in [3.8, 4) is 0 Å². The lowest BCUT2D eigenvalue weighted by Gasteiger charge is -2.19. The van der Waals surface area contributed by atoms with E-state index in [0.717, 1.165) is 25.7 Å². The van der Waals surface area contributed by atoms with Crippen molar-refractivity contribution < 1.29 is 4.79 Å². The van der Waals surface area contributed by atoms with Crippen molar-refractivity contribution in [1.29, 1.82) is 0 Å². The van der Waals surface area contributed by atoms with Crippen molar-refractivity contribution in [1.82, 2.24) is 0 Å². The number of carbonyl (C=O) groups is 1. The first-order chi connectivity index (χ1) is 6.09. The molecule has 13 heavy (non-hydrogen) atoms. The summed E-state index contributed by atoms with van der Waals surface area (Å²) in [5.74, 6) is 0.895. The molecule has 0 N–H and O–H groups in total. The number of hydrogen-bond donors (Lipinski definition) is 0. The third kappa shape index (κ3) is 3.17. The molecular weight excluding hydrogens is 160 g/mol. The fourth-order valence-corrected chi connectivity index (χ4v) is 1.64. The van der Waals surface area contributed by atoms with Gasteiger partial charge in [0.25, 0.3) is 0 Å². The molecule has 0 aromatic carbocycles. The molecule has 0 aliphatic heterocycles. The van der Waals surface area contributed by atoms with Crippen LogP contribution in [0.5, 0.6) is 0 Å². The van der Waals surface area contributed by atoms with Gasteiger partial charge in [0.05, 0.1) is 0 Å². The highest BCUT2D eigenvalue weighted by atomic mass is 16.1. The Bertz CT molecular complexity index is 248. The largest absolute Gasteiger partial charge is 0.295 e. The van der Waals surface area contributed by atoms with Gasteiger partial charge in [-0.2, -0.15) is 0 Å². The van der Waals surface area contributed by atoms with Gasteiger partial charge in [-0.25, -0.2) is 0 Å². The van der Waals surface area contributed by atoms with Crippen LogP contribution in [0.2, 0.25) is 0 Å². The van der Waals surface area contributed by atoms with Gasteiger partial charge in [-0.15, -0.1) is 6.58 Å². The normalized spacial score (nSPS) is 22.8. The van der Waals surface area contributed by atoms with Gasteiger partial charge in [0, 0.05) is 6.42 Å². The second kappa shape index (κ2) is 4.40. The maximum atomic E-state index is 11.2. The maximum absolute atomic E-state index is 11.2. The molecule has 1 aliphatic carbocycles. The smallest absolute Gasteiger partial charge is 0.155 e. The lowest BCUT2D eigenvalue weighted by atomic mass is 9.85. The lowest BCUT2D eigenvalue weighted by Crippen LogP contribution is -2.11. The van der Waals surface area contributed by atoms with Crippen LogP contribution in [0, 0.1) is 5.92 Å². The average molecular weight is 178 g/mol. The summed E-state index contributed by atoms with van der Waals surface area (Å²) in [6, 6.07) is 0. The molecule has 0 heterocycles. The van der Waals surface area contributed by atoms with Gasteiger partial charge in [0.15, 0.2) is 5.78 Å². The van der Waals surface area contributed by atoms with E-state index in [1.54, 1.807) is 0 Å². The highest BCUT2D eigenvalue weighted by Gasteiger charge is 2.16. The fraction of sp³-hybridized carbons (Fsp3) is 0.583. The summed E-state index contributed by atoms with van der Waals surface area (Å²) in [7, 11) is 0. The molecule has 72 valence electrons. The Morgan fingerprint density at radius 3 is 3.00 bits per heavy atom. The summed E-state index contributed by atoms with van der Waals surface area (Å²) in [5.41, 5.74) is 2.52. The minimum absolute atomic E-state index is 0.301.